The number of aromatic nitrogens is 2. The predicted octanol–water partition coefficient (Wildman–Crippen LogP) is 5.57. The number of rotatable bonds is 2. The van der Waals surface area contributed by atoms with Gasteiger partial charge in [-0.3, -0.25) is 0 Å². The molecule has 0 radical (unpaired) electrons. The summed E-state index contributed by atoms with van der Waals surface area (Å²) >= 11 is 12.5. The lowest BCUT2D eigenvalue weighted by Gasteiger charge is -2.36. The van der Waals surface area contributed by atoms with Crippen LogP contribution in [-0.4, -0.2) is 9.55 Å². The maximum atomic E-state index is 6.42. The SMILES string of the molecule is CC1(C)CCCC(n2c(CCl)nc3cccc(Cl)c32)C1. The number of fused-ring (bicyclic) bond motifs is 1. The van der Waals surface area contributed by atoms with Crippen molar-refractivity contribution in [1.82, 2.24) is 9.55 Å². The van der Waals surface area contributed by atoms with Crippen LogP contribution in [0.3, 0.4) is 0 Å². The molecule has 1 heterocycles. The molecule has 4 heteroatoms. The fourth-order valence-corrected chi connectivity index (χ4v) is 3.97. The van der Waals surface area contributed by atoms with Gasteiger partial charge in [-0.1, -0.05) is 37.9 Å². The number of benzene rings is 1. The van der Waals surface area contributed by atoms with Crippen molar-refractivity contribution < 1.29 is 0 Å². The zero-order valence-electron chi connectivity index (χ0n) is 12.0. The molecule has 1 saturated carbocycles. The molecule has 2 nitrogen and oxygen atoms in total. The van der Waals surface area contributed by atoms with Crippen molar-refractivity contribution in [3.8, 4) is 0 Å². The van der Waals surface area contributed by atoms with Crippen molar-refractivity contribution in [2.75, 3.05) is 0 Å². The molecule has 1 aliphatic rings. The normalized spacial score (nSPS) is 22.3. The molecular formula is C16H20Cl2N2. The first-order valence-electron chi connectivity index (χ1n) is 7.23. The molecule has 108 valence electrons. The Morgan fingerprint density at radius 2 is 2.20 bits per heavy atom. The van der Waals surface area contributed by atoms with Gasteiger partial charge in [0, 0.05) is 6.04 Å². The van der Waals surface area contributed by atoms with Crippen LogP contribution in [0.4, 0.5) is 0 Å². The van der Waals surface area contributed by atoms with Gasteiger partial charge in [0.15, 0.2) is 0 Å². The lowest BCUT2D eigenvalue weighted by atomic mass is 9.75. The monoisotopic (exact) mass is 310 g/mol. The van der Waals surface area contributed by atoms with E-state index in [1.165, 1.54) is 19.3 Å². The Morgan fingerprint density at radius 3 is 2.90 bits per heavy atom. The van der Waals surface area contributed by atoms with Gasteiger partial charge < -0.3 is 4.57 Å². The highest BCUT2D eigenvalue weighted by molar-refractivity contribution is 6.35. The zero-order valence-corrected chi connectivity index (χ0v) is 13.5. The quantitative estimate of drug-likeness (QED) is 0.663. The summed E-state index contributed by atoms with van der Waals surface area (Å²) in [5.41, 5.74) is 2.38. The Bertz CT molecular complexity index is 631. The van der Waals surface area contributed by atoms with E-state index in [9.17, 15) is 0 Å². The van der Waals surface area contributed by atoms with Gasteiger partial charge in [-0.2, -0.15) is 0 Å². The Labute approximate surface area is 130 Å². The lowest BCUT2D eigenvalue weighted by Crippen LogP contribution is -2.25. The lowest BCUT2D eigenvalue weighted by molar-refractivity contribution is 0.184. The van der Waals surface area contributed by atoms with E-state index >= 15 is 0 Å². The Balaban J connectivity index is 2.14. The summed E-state index contributed by atoms with van der Waals surface area (Å²) in [4.78, 5) is 4.66. The van der Waals surface area contributed by atoms with Gasteiger partial charge in [0.1, 0.15) is 5.82 Å². The Morgan fingerprint density at radius 1 is 1.40 bits per heavy atom. The molecule has 3 rings (SSSR count). The van der Waals surface area contributed by atoms with Gasteiger partial charge in [0.25, 0.3) is 0 Å². The molecule has 2 aromatic rings. The van der Waals surface area contributed by atoms with E-state index in [4.69, 9.17) is 23.2 Å². The number of nitrogens with zero attached hydrogens (tertiary/aromatic N) is 2. The van der Waals surface area contributed by atoms with E-state index < -0.39 is 0 Å². The van der Waals surface area contributed by atoms with Crippen LogP contribution in [0, 0.1) is 5.41 Å². The van der Waals surface area contributed by atoms with Crippen LogP contribution in [0.15, 0.2) is 18.2 Å². The molecule has 20 heavy (non-hydrogen) atoms. The average Bonchev–Trinajstić information content (AvgIpc) is 2.77. The van der Waals surface area contributed by atoms with Crippen LogP contribution >= 0.6 is 23.2 Å². The Hall–Kier alpha value is -0.730. The second-order valence-corrected chi connectivity index (χ2v) is 7.23. The summed E-state index contributed by atoms with van der Waals surface area (Å²) in [6.45, 7) is 4.69. The summed E-state index contributed by atoms with van der Waals surface area (Å²) in [5.74, 6) is 1.37. The van der Waals surface area contributed by atoms with Crippen LogP contribution in [0.1, 0.15) is 51.4 Å². The third kappa shape index (κ3) is 2.44. The second-order valence-electron chi connectivity index (χ2n) is 6.55. The summed E-state index contributed by atoms with van der Waals surface area (Å²) in [6, 6.07) is 6.36. The minimum Gasteiger partial charge on any atom is -0.323 e. The van der Waals surface area contributed by atoms with Crippen LogP contribution in [0.25, 0.3) is 11.0 Å². The van der Waals surface area contributed by atoms with Crippen molar-refractivity contribution >= 4 is 34.2 Å². The highest BCUT2D eigenvalue weighted by Gasteiger charge is 2.31. The number of alkyl halides is 1. The van der Waals surface area contributed by atoms with Gasteiger partial charge in [-0.25, -0.2) is 4.98 Å². The van der Waals surface area contributed by atoms with Crippen molar-refractivity contribution in [3.63, 3.8) is 0 Å². The zero-order chi connectivity index (χ0) is 14.3. The molecule has 1 aromatic carbocycles. The molecule has 0 amide bonds. The van der Waals surface area contributed by atoms with E-state index in [-0.39, 0.29) is 0 Å². The molecule has 0 spiro atoms. The van der Waals surface area contributed by atoms with Gasteiger partial charge in [0.05, 0.1) is 21.9 Å². The van der Waals surface area contributed by atoms with Gasteiger partial charge >= 0.3 is 0 Å². The van der Waals surface area contributed by atoms with Crippen molar-refractivity contribution in [3.05, 3.63) is 29.0 Å². The summed E-state index contributed by atoms with van der Waals surface area (Å²) in [7, 11) is 0. The average molecular weight is 311 g/mol. The molecule has 1 unspecified atom stereocenters. The first-order valence-corrected chi connectivity index (χ1v) is 8.14. The van der Waals surface area contributed by atoms with E-state index in [0.29, 0.717) is 17.3 Å². The van der Waals surface area contributed by atoms with Crippen LogP contribution < -0.4 is 0 Å². The van der Waals surface area contributed by atoms with Gasteiger partial charge in [-0.05, 0) is 36.8 Å². The molecule has 0 N–H and O–H groups in total. The number of halogens is 2. The number of hydrogen-bond acceptors (Lipinski definition) is 1. The molecule has 0 aliphatic heterocycles. The van der Waals surface area contributed by atoms with Crippen LogP contribution in [0.5, 0.6) is 0 Å². The van der Waals surface area contributed by atoms with Crippen LogP contribution in [-0.2, 0) is 5.88 Å². The maximum absolute atomic E-state index is 6.42. The number of imidazole rings is 1. The number of hydrogen-bond donors (Lipinski definition) is 0. The van der Waals surface area contributed by atoms with E-state index in [1.807, 2.05) is 18.2 Å². The molecule has 1 fully saturated rings. The number of para-hydroxylation sites is 1. The van der Waals surface area contributed by atoms with Gasteiger partial charge in [-0.15, -0.1) is 11.6 Å². The molecular weight excluding hydrogens is 291 g/mol. The molecule has 0 bridgehead atoms. The third-order valence-electron chi connectivity index (χ3n) is 4.40. The molecule has 0 saturated heterocycles. The summed E-state index contributed by atoms with van der Waals surface area (Å²) in [6.07, 6.45) is 4.89. The molecule has 1 aliphatic carbocycles. The first kappa shape index (κ1) is 14.2. The van der Waals surface area contributed by atoms with Crippen molar-refractivity contribution in [1.29, 1.82) is 0 Å². The topological polar surface area (TPSA) is 17.8 Å². The Kier molecular flexibility index (Phi) is 3.72. The fraction of sp³-hybridized carbons (Fsp3) is 0.562. The highest BCUT2D eigenvalue weighted by Crippen LogP contribution is 2.43. The molecule has 1 aromatic heterocycles. The van der Waals surface area contributed by atoms with Crippen molar-refractivity contribution in [2.24, 2.45) is 5.41 Å². The van der Waals surface area contributed by atoms with E-state index in [2.05, 4.69) is 23.4 Å². The van der Waals surface area contributed by atoms with Gasteiger partial charge in [0.2, 0.25) is 0 Å². The maximum Gasteiger partial charge on any atom is 0.125 e. The second kappa shape index (κ2) is 5.23. The summed E-state index contributed by atoms with van der Waals surface area (Å²) < 4.78 is 2.30. The fourth-order valence-electron chi connectivity index (χ4n) is 3.52. The smallest absolute Gasteiger partial charge is 0.125 e. The third-order valence-corrected chi connectivity index (χ3v) is 4.94. The van der Waals surface area contributed by atoms with Crippen molar-refractivity contribution in [2.45, 2.75) is 51.5 Å². The minimum atomic E-state index is 0.379. The standard InChI is InChI=1S/C16H20Cl2N2/c1-16(2)8-4-5-11(9-16)20-14(10-17)19-13-7-3-6-12(18)15(13)20/h3,6-7,11H,4-5,8-10H2,1-2H3. The first-order chi connectivity index (χ1) is 9.52. The molecule has 1 atom stereocenters. The van der Waals surface area contributed by atoms with Crippen LogP contribution in [0.2, 0.25) is 5.02 Å². The minimum absolute atomic E-state index is 0.379. The highest BCUT2D eigenvalue weighted by atomic mass is 35.5. The predicted molar refractivity (Wildman–Crippen MR) is 85.6 cm³/mol. The van der Waals surface area contributed by atoms with E-state index in [1.54, 1.807) is 0 Å². The summed E-state index contributed by atoms with van der Waals surface area (Å²) in [5, 5.41) is 0.773. The largest absolute Gasteiger partial charge is 0.323 e. The van der Waals surface area contributed by atoms with E-state index in [0.717, 1.165) is 28.3 Å².